The number of hydrogen-bond acceptors (Lipinski definition) is 2. The number of hydrogen-bond donors (Lipinski definition) is 0. The van der Waals surface area contributed by atoms with Crippen molar-refractivity contribution in [3.8, 4) is 0 Å². The highest BCUT2D eigenvalue weighted by Crippen LogP contribution is 2.28. The number of carbonyl (C=O) groups excluding carboxylic acids is 1. The van der Waals surface area contributed by atoms with Gasteiger partial charge in [-0.05, 0) is 40.3 Å². The van der Waals surface area contributed by atoms with Crippen LogP contribution in [0.1, 0.15) is 22.5 Å². The molecule has 0 atom stereocenters. The van der Waals surface area contributed by atoms with E-state index in [0.717, 1.165) is 0 Å². The summed E-state index contributed by atoms with van der Waals surface area (Å²) in [6, 6.07) is 1.30. The topological polar surface area (TPSA) is 30.0 Å². The molecule has 0 bridgehead atoms. The Kier molecular flexibility index (Phi) is 4.03. The number of nitrogens with zero attached hydrogens (tertiary/aromatic N) is 1. The number of halogens is 5. The van der Waals surface area contributed by atoms with Gasteiger partial charge < -0.3 is 0 Å². The Morgan fingerprint density at radius 2 is 2.14 bits per heavy atom. The van der Waals surface area contributed by atoms with E-state index in [0.29, 0.717) is 0 Å². The lowest BCUT2D eigenvalue weighted by Gasteiger charge is -2.06. The minimum Gasteiger partial charge on any atom is -0.275 e. The highest BCUT2D eigenvalue weighted by atomic mass is 127. The Balaban J connectivity index is 3.44. The van der Waals surface area contributed by atoms with Gasteiger partial charge in [-0.2, -0.15) is 0 Å². The zero-order chi connectivity index (χ0) is 10.9. The van der Waals surface area contributed by atoms with Crippen molar-refractivity contribution in [1.29, 1.82) is 0 Å². The summed E-state index contributed by atoms with van der Waals surface area (Å²) in [5.74, 6) is 0. The number of carbonyl (C=O) groups is 1. The maximum atomic E-state index is 12.4. The van der Waals surface area contributed by atoms with E-state index in [4.69, 9.17) is 23.2 Å². The van der Waals surface area contributed by atoms with Crippen molar-refractivity contribution in [2.45, 2.75) is 6.43 Å². The maximum absolute atomic E-state index is 12.4. The third kappa shape index (κ3) is 2.52. The third-order valence-corrected chi connectivity index (χ3v) is 2.60. The minimum atomic E-state index is -2.88. The predicted molar refractivity (Wildman–Crippen MR) is 57.1 cm³/mol. The van der Waals surface area contributed by atoms with Crippen LogP contribution >= 0.6 is 45.8 Å². The Hall–Kier alpha value is -0.0100. The van der Waals surface area contributed by atoms with Gasteiger partial charge in [0, 0.05) is 3.57 Å². The normalized spacial score (nSPS) is 10.7. The average Bonchev–Trinajstić information content (AvgIpc) is 2.01. The molecule has 0 saturated carbocycles. The summed E-state index contributed by atoms with van der Waals surface area (Å²) in [5.41, 5.74) is -0.964. The average molecular weight is 352 g/mol. The lowest BCUT2D eigenvalue weighted by Crippen LogP contribution is -2.04. The van der Waals surface area contributed by atoms with Crippen molar-refractivity contribution in [2.75, 3.05) is 0 Å². The summed E-state index contributed by atoms with van der Waals surface area (Å²) < 4.78 is 25.1. The molecule has 2 nitrogen and oxygen atoms in total. The molecule has 0 amide bonds. The second kappa shape index (κ2) is 4.67. The first kappa shape index (κ1) is 12.1. The Labute approximate surface area is 102 Å². The van der Waals surface area contributed by atoms with Crippen LogP contribution in [0.4, 0.5) is 8.78 Å². The van der Waals surface area contributed by atoms with E-state index in [-0.39, 0.29) is 14.3 Å². The highest BCUT2D eigenvalue weighted by molar-refractivity contribution is 14.1. The fourth-order valence-corrected chi connectivity index (χ4v) is 2.41. The van der Waals surface area contributed by atoms with Gasteiger partial charge in [0.2, 0.25) is 0 Å². The first-order chi connectivity index (χ1) is 6.43. The molecule has 76 valence electrons. The second-order valence-corrected chi connectivity index (χ2v) is 4.15. The first-order valence-corrected chi connectivity index (χ1v) is 5.11. The van der Waals surface area contributed by atoms with E-state index < -0.39 is 17.4 Å². The van der Waals surface area contributed by atoms with E-state index in [1.54, 1.807) is 22.6 Å². The molecule has 7 heteroatoms. The first-order valence-electron chi connectivity index (χ1n) is 3.27. The summed E-state index contributed by atoms with van der Waals surface area (Å²) in [6.45, 7) is 0. The minimum absolute atomic E-state index is 0.0913. The van der Waals surface area contributed by atoms with Gasteiger partial charge >= 0.3 is 0 Å². The molecule has 0 saturated heterocycles. The molecule has 0 spiro atoms. The van der Waals surface area contributed by atoms with Crippen LogP contribution in [0.3, 0.4) is 0 Å². The SMILES string of the molecule is O=C(Cl)c1c(I)cc(Cl)nc1C(F)F. The molecule has 1 heterocycles. The molecular formula is C7H2Cl2F2INO. The van der Waals surface area contributed by atoms with Gasteiger partial charge in [0.05, 0.1) is 5.56 Å². The van der Waals surface area contributed by atoms with Crippen LogP contribution < -0.4 is 0 Å². The van der Waals surface area contributed by atoms with Gasteiger partial charge in [-0.3, -0.25) is 4.79 Å². The summed E-state index contributed by atoms with van der Waals surface area (Å²) in [4.78, 5) is 14.2. The molecule has 14 heavy (non-hydrogen) atoms. The molecule has 0 radical (unpaired) electrons. The molecule has 1 aromatic rings. The summed E-state index contributed by atoms with van der Waals surface area (Å²) in [7, 11) is 0. The van der Waals surface area contributed by atoms with Crippen LogP contribution in [0.25, 0.3) is 0 Å². The van der Waals surface area contributed by atoms with Crippen molar-refractivity contribution in [3.63, 3.8) is 0 Å². The lowest BCUT2D eigenvalue weighted by atomic mass is 10.2. The van der Waals surface area contributed by atoms with Crippen LogP contribution in [0.2, 0.25) is 5.15 Å². The molecule has 1 aromatic heterocycles. The smallest absolute Gasteiger partial charge is 0.275 e. The van der Waals surface area contributed by atoms with Crippen molar-refractivity contribution >= 4 is 51.0 Å². The number of pyridine rings is 1. The van der Waals surface area contributed by atoms with E-state index in [1.807, 2.05) is 0 Å². The van der Waals surface area contributed by atoms with Crippen LogP contribution in [0, 0.1) is 3.57 Å². The van der Waals surface area contributed by atoms with Gasteiger partial charge in [-0.25, -0.2) is 13.8 Å². The largest absolute Gasteiger partial charge is 0.281 e. The molecule has 1 rings (SSSR count). The Morgan fingerprint density at radius 3 is 2.57 bits per heavy atom. The zero-order valence-electron chi connectivity index (χ0n) is 6.40. The van der Waals surface area contributed by atoms with Crippen molar-refractivity contribution in [3.05, 3.63) is 26.0 Å². The van der Waals surface area contributed by atoms with E-state index >= 15 is 0 Å². The van der Waals surface area contributed by atoms with E-state index in [1.165, 1.54) is 6.07 Å². The molecule has 0 aliphatic carbocycles. The van der Waals surface area contributed by atoms with Crippen LogP contribution in [-0.2, 0) is 0 Å². The van der Waals surface area contributed by atoms with Gasteiger partial charge in [0.15, 0.2) is 0 Å². The van der Waals surface area contributed by atoms with Gasteiger partial charge in [0.1, 0.15) is 10.8 Å². The summed E-state index contributed by atoms with van der Waals surface area (Å²) in [6.07, 6.45) is -2.88. The highest BCUT2D eigenvalue weighted by Gasteiger charge is 2.22. The van der Waals surface area contributed by atoms with Crippen LogP contribution in [-0.4, -0.2) is 10.2 Å². The quantitative estimate of drug-likeness (QED) is 0.462. The van der Waals surface area contributed by atoms with Crippen molar-refractivity contribution < 1.29 is 13.6 Å². The number of alkyl halides is 2. The lowest BCUT2D eigenvalue weighted by molar-refractivity contribution is 0.106. The van der Waals surface area contributed by atoms with E-state index in [2.05, 4.69) is 4.98 Å². The van der Waals surface area contributed by atoms with Crippen molar-refractivity contribution in [2.24, 2.45) is 0 Å². The van der Waals surface area contributed by atoms with Crippen LogP contribution in [0.15, 0.2) is 6.07 Å². The van der Waals surface area contributed by atoms with Gasteiger partial charge in [-0.1, -0.05) is 11.6 Å². The fraction of sp³-hybridized carbons (Fsp3) is 0.143. The molecule has 0 fully saturated rings. The van der Waals surface area contributed by atoms with Crippen LogP contribution in [0.5, 0.6) is 0 Å². The fourth-order valence-electron chi connectivity index (χ4n) is 0.855. The Bertz CT molecular complexity index is 386. The monoisotopic (exact) mass is 351 g/mol. The number of rotatable bonds is 2. The molecular weight excluding hydrogens is 350 g/mol. The van der Waals surface area contributed by atoms with Gasteiger partial charge in [-0.15, -0.1) is 0 Å². The molecule has 0 aromatic carbocycles. The maximum Gasteiger partial charge on any atom is 0.281 e. The van der Waals surface area contributed by atoms with Crippen molar-refractivity contribution in [1.82, 2.24) is 4.98 Å². The molecule has 0 N–H and O–H groups in total. The van der Waals surface area contributed by atoms with Gasteiger partial charge in [0.25, 0.3) is 11.7 Å². The Morgan fingerprint density at radius 1 is 1.57 bits per heavy atom. The standard InChI is InChI=1S/C7H2Cl2F2INO/c8-3-1-2(12)4(6(9)14)5(13-3)7(10)11/h1,7H. The second-order valence-electron chi connectivity index (χ2n) is 2.26. The predicted octanol–water partition coefficient (Wildman–Crippen LogP) is 3.66. The number of aromatic nitrogens is 1. The zero-order valence-corrected chi connectivity index (χ0v) is 10.1. The molecule has 0 aliphatic heterocycles. The third-order valence-electron chi connectivity index (χ3n) is 1.37. The molecule has 0 aliphatic rings. The summed E-state index contributed by atoms with van der Waals surface area (Å²) >= 11 is 12.3. The van der Waals surface area contributed by atoms with E-state index in [9.17, 15) is 13.6 Å². The molecule has 0 unspecified atom stereocenters. The summed E-state index contributed by atoms with van der Waals surface area (Å²) in [5, 5.41) is -1.06.